The van der Waals surface area contributed by atoms with Gasteiger partial charge in [-0.3, -0.25) is 0 Å². The van der Waals surface area contributed by atoms with Crippen LogP contribution < -0.4 is 5.32 Å². The Bertz CT molecular complexity index is 224. The monoisotopic (exact) mass is 227 g/mol. The Hall–Kier alpha value is -0.120. The van der Waals surface area contributed by atoms with Gasteiger partial charge >= 0.3 is 0 Å². The molecule has 0 radical (unpaired) electrons. The molecule has 2 N–H and O–H groups in total. The fraction of sp³-hybridized carbons (Fsp3) is 1.00. The van der Waals surface area contributed by atoms with Crippen LogP contribution in [-0.4, -0.2) is 36.5 Å². The first-order chi connectivity index (χ1) is 7.65. The molecule has 0 aromatic heterocycles. The first-order valence-electron chi connectivity index (χ1n) is 6.62. The Labute approximate surface area is 98.6 Å². The Balaban J connectivity index is 1.86. The number of nitrogens with one attached hydrogen (secondary N) is 1. The molecule has 1 saturated carbocycles. The molecule has 2 aliphatic rings. The smallest absolute Gasteiger partial charge is 0.0613 e. The van der Waals surface area contributed by atoms with E-state index in [0.717, 1.165) is 26.1 Å². The normalized spacial score (nSPS) is 28.7. The van der Waals surface area contributed by atoms with Crippen molar-refractivity contribution in [1.82, 2.24) is 5.32 Å². The topological polar surface area (TPSA) is 41.5 Å². The van der Waals surface area contributed by atoms with Crippen molar-refractivity contribution in [3.8, 4) is 0 Å². The Morgan fingerprint density at radius 1 is 1.31 bits per heavy atom. The lowest BCUT2D eigenvalue weighted by molar-refractivity contribution is 0.0451. The lowest BCUT2D eigenvalue weighted by atomic mass is 9.88. The molecule has 2 atom stereocenters. The van der Waals surface area contributed by atoms with E-state index in [1.54, 1.807) is 0 Å². The number of hydrogen-bond donors (Lipinski definition) is 2. The predicted molar refractivity (Wildman–Crippen MR) is 64.4 cm³/mol. The van der Waals surface area contributed by atoms with Gasteiger partial charge in [0.15, 0.2) is 0 Å². The van der Waals surface area contributed by atoms with Crippen LogP contribution in [0.2, 0.25) is 0 Å². The molecule has 0 aromatic carbocycles. The van der Waals surface area contributed by atoms with E-state index in [1.165, 1.54) is 12.8 Å². The fourth-order valence-corrected chi connectivity index (χ4v) is 2.87. The molecule has 2 fully saturated rings. The maximum Gasteiger partial charge on any atom is 0.0613 e. The zero-order valence-corrected chi connectivity index (χ0v) is 10.5. The number of rotatable bonds is 5. The molecule has 1 heterocycles. The molecule has 0 amide bonds. The van der Waals surface area contributed by atoms with E-state index in [9.17, 15) is 5.11 Å². The average molecular weight is 227 g/mol. The van der Waals surface area contributed by atoms with Crippen LogP contribution in [0, 0.1) is 11.8 Å². The van der Waals surface area contributed by atoms with Crippen molar-refractivity contribution in [3.05, 3.63) is 0 Å². The lowest BCUT2D eigenvalue weighted by Crippen LogP contribution is -2.54. The standard InChI is InChI=1S/C13H25NO2/c1-10(11-5-7-16-8-6-11)14-13(2,9-15)12-3-4-12/h10-12,14-15H,3-9H2,1-2H3. The minimum atomic E-state index is -0.0578. The van der Waals surface area contributed by atoms with Gasteiger partial charge in [-0.1, -0.05) is 0 Å². The summed E-state index contributed by atoms with van der Waals surface area (Å²) in [5.41, 5.74) is -0.0578. The van der Waals surface area contributed by atoms with Crippen LogP contribution in [0.4, 0.5) is 0 Å². The molecule has 1 aliphatic heterocycles. The molecular weight excluding hydrogens is 202 g/mol. The van der Waals surface area contributed by atoms with Crippen LogP contribution in [0.5, 0.6) is 0 Å². The highest BCUT2D eigenvalue weighted by Gasteiger charge is 2.42. The van der Waals surface area contributed by atoms with Crippen molar-refractivity contribution in [2.45, 2.75) is 51.1 Å². The van der Waals surface area contributed by atoms with Gasteiger partial charge in [0.25, 0.3) is 0 Å². The van der Waals surface area contributed by atoms with Gasteiger partial charge in [-0.05, 0) is 51.4 Å². The molecule has 2 unspecified atom stereocenters. The zero-order chi connectivity index (χ0) is 11.6. The van der Waals surface area contributed by atoms with E-state index in [-0.39, 0.29) is 12.1 Å². The second-order valence-corrected chi connectivity index (χ2v) is 5.73. The van der Waals surface area contributed by atoms with E-state index in [0.29, 0.717) is 17.9 Å². The SMILES string of the molecule is CC(NC(C)(CO)C1CC1)C1CCOCC1. The summed E-state index contributed by atoms with van der Waals surface area (Å²) in [6.45, 7) is 6.48. The van der Waals surface area contributed by atoms with Crippen LogP contribution >= 0.6 is 0 Å². The van der Waals surface area contributed by atoms with E-state index in [2.05, 4.69) is 19.2 Å². The van der Waals surface area contributed by atoms with Gasteiger partial charge in [0.05, 0.1) is 6.61 Å². The van der Waals surface area contributed by atoms with Crippen molar-refractivity contribution < 1.29 is 9.84 Å². The zero-order valence-electron chi connectivity index (χ0n) is 10.5. The molecular formula is C13H25NO2. The number of hydrogen-bond acceptors (Lipinski definition) is 3. The highest BCUT2D eigenvalue weighted by Crippen LogP contribution is 2.40. The molecule has 0 spiro atoms. The average Bonchev–Trinajstić information content (AvgIpc) is 3.14. The lowest BCUT2D eigenvalue weighted by Gasteiger charge is -2.37. The Kier molecular flexibility index (Phi) is 3.88. The van der Waals surface area contributed by atoms with E-state index in [1.807, 2.05) is 0 Å². The highest BCUT2D eigenvalue weighted by molar-refractivity contribution is 4.99. The van der Waals surface area contributed by atoms with E-state index in [4.69, 9.17) is 4.74 Å². The van der Waals surface area contributed by atoms with Gasteiger partial charge in [0.1, 0.15) is 0 Å². The first kappa shape index (κ1) is 12.3. The van der Waals surface area contributed by atoms with Gasteiger partial charge in [-0.25, -0.2) is 0 Å². The second kappa shape index (κ2) is 5.03. The van der Waals surface area contributed by atoms with Crippen LogP contribution in [0.15, 0.2) is 0 Å². The van der Waals surface area contributed by atoms with Crippen molar-refractivity contribution >= 4 is 0 Å². The fourth-order valence-electron chi connectivity index (χ4n) is 2.87. The molecule has 1 saturated heterocycles. The number of aliphatic hydroxyl groups is 1. The third-order valence-electron chi connectivity index (χ3n) is 4.34. The van der Waals surface area contributed by atoms with Gasteiger partial charge in [-0.2, -0.15) is 0 Å². The third-order valence-corrected chi connectivity index (χ3v) is 4.34. The summed E-state index contributed by atoms with van der Waals surface area (Å²) in [6.07, 6.45) is 4.84. The third kappa shape index (κ3) is 2.76. The van der Waals surface area contributed by atoms with Gasteiger partial charge in [-0.15, -0.1) is 0 Å². The summed E-state index contributed by atoms with van der Waals surface area (Å²) in [7, 11) is 0. The minimum Gasteiger partial charge on any atom is -0.394 e. The molecule has 16 heavy (non-hydrogen) atoms. The Morgan fingerprint density at radius 3 is 2.44 bits per heavy atom. The van der Waals surface area contributed by atoms with E-state index >= 15 is 0 Å². The summed E-state index contributed by atoms with van der Waals surface area (Å²) in [5, 5.41) is 13.2. The van der Waals surface area contributed by atoms with Gasteiger partial charge in [0.2, 0.25) is 0 Å². The number of aliphatic hydroxyl groups excluding tert-OH is 1. The van der Waals surface area contributed by atoms with Crippen LogP contribution in [0.25, 0.3) is 0 Å². The van der Waals surface area contributed by atoms with Crippen molar-refractivity contribution in [2.24, 2.45) is 11.8 Å². The molecule has 3 nitrogen and oxygen atoms in total. The van der Waals surface area contributed by atoms with Crippen molar-refractivity contribution in [2.75, 3.05) is 19.8 Å². The van der Waals surface area contributed by atoms with Crippen LogP contribution in [0.3, 0.4) is 0 Å². The summed E-state index contributed by atoms with van der Waals surface area (Å²) in [5.74, 6) is 1.39. The molecule has 3 heteroatoms. The molecule has 0 bridgehead atoms. The highest BCUT2D eigenvalue weighted by atomic mass is 16.5. The summed E-state index contributed by atoms with van der Waals surface area (Å²) < 4.78 is 5.39. The predicted octanol–water partition coefficient (Wildman–Crippen LogP) is 1.55. The first-order valence-corrected chi connectivity index (χ1v) is 6.62. The van der Waals surface area contributed by atoms with Crippen molar-refractivity contribution in [1.29, 1.82) is 0 Å². The van der Waals surface area contributed by atoms with E-state index < -0.39 is 0 Å². The summed E-state index contributed by atoms with van der Waals surface area (Å²) in [4.78, 5) is 0. The number of ether oxygens (including phenoxy) is 1. The molecule has 94 valence electrons. The molecule has 0 aromatic rings. The Morgan fingerprint density at radius 2 is 1.94 bits per heavy atom. The summed E-state index contributed by atoms with van der Waals surface area (Å²) in [6, 6.07) is 0.488. The summed E-state index contributed by atoms with van der Waals surface area (Å²) >= 11 is 0. The van der Waals surface area contributed by atoms with Gasteiger partial charge in [0, 0.05) is 24.8 Å². The molecule has 1 aliphatic carbocycles. The van der Waals surface area contributed by atoms with Crippen molar-refractivity contribution in [3.63, 3.8) is 0 Å². The maximum absolute atomic E-state index is 9.56. The molecule has 2 rings (SSSR count). The quantitative estimate of drug-likeness (QED) is 0.749. The minimum absolute atomic E-state index is 0.0578. The van der Waals surface area contributed by atoms with Gasteiger partial charge < -0.3 is 15.2 Å². The van der Waals surface area contributed by atoms with Crippen LogP contribution in [0.1, 0.15) is 39.5 Å². The van der Waals surface area contributed by atoms with Crippen LogP contribution in [-0.2, 0) is 4.74 Å². The largest absolute Gasteiger partial charge is 0.394 e. The second-order valence-electron chi connectivity index (χ2n) is 5.73. The maximum atomic E-state index is 9.56.